The predicted molar refractivity (Wildman–Crippen MR) is 113 cm³/mol. The highest BCUT2D eigenvalue weighted by atomic mass is 35.5. The Hall–Kier alpha value is -2.31. The molecule has 29 heavy (non-hydrogen) atoms. The van der Waals surface area contributed by atoms with E-state index in [1.54, 1.807) is 17.9 Å². The summed E-state index contributed by atoms with van der Waals surface area (Å²) < 4.78 is 5.79. The monoisotopic (exact) mass is 418 g/mol. The third-order valence-electron chi connectivity index (χ3n) is 5.16. The van der Waals surface area contributed by atoms with Crippen molar-refractivity contribution in [3.05, 3.63) is 61.0 Å². The number of rotatable bonds is 5. The molecule has 2 N–H and O–H groups in total. The normalized spacial score (nSPS) is 14.9. The Morgan fingerprint density at radius 1 is 1.24 bits per heavy atom. The summed E-state index contributed by atoms with van der Waals surface area (Å²) in [6.07, 6.45) is -0.334. The number of hydrogen-bond donors (Lipinski definition) is 2. The lowest BCUT2D eigenvalue weighted by molar-refractivity contribution is 0.0723. The van der Waals surface area contributed by atoms with Gasteiger partial charge in [0.1, 0.15) is 5.75 Å². The van der Waals surface area contributed by atoms with Crippen LogP contribution in [0.2, 0.25) is 5.02 Å². The van der Waals surface area contributed by atoms with E-state index in [1.165, 1.54) is 0 Å². The van der Waals surface area contributed by atoms with Crippen LogP contribution in [0.4, 0.5) is 0 Å². The molecule has 0 saturated carbocycles. The Bertz CT molecular complexity index is 1010. The molecule has 1 unspecified atom stereocenters. The van der Waals surface area contributed by atoms with Crippen molar-refractivity contribution in [3.8, 4) is 5.75 Å². The molecule has 1 aromatic heterocycles. The fourth-order valence-electron chi connectivity index (χ4n) is 3.82. The molecule has 0 aliphatic carbocycles. The van der Waals surface area contributed by atoms with Crippen LogP contribution in [0.25, 0.3) is 0 Å². The summed E-state index contributed by atoms with van der Waals surface area (Å²) in [5, 5.41) is 10.5. The number of carbonyl (C=O) groups is 1. The van der Waals surface area contributed by atoms with Crippen molar-refractivity contribution >= 4 is 17.5 Å². The van der Waals surface area contributed by atoms with Crippen molar-refractivity contribution in [2.75, 3.05) is 6.54 Å². The standard InChI is InChI=1S/C22H27ClN2O4/c1-11(2)29-18-9-16(14(5)26)15-6-7-25(22(28)19(15)20(18)23)10-17-12(3)8-13(4)24-21(17)27/h8-9,11,14,26H,6-7,10H2,1-5H3,(H,24,27). The Balaban J connectivity index is 2.05. The second-order valence-corrected chi connectivity index (χ2v) is 8.27. The van der Waals surface area contributed by atoms with E-state index < -0.39 is 6.10 Å². The lowest BCUT2D eigenvalue weighted by Gasteiger charge is -2.32. The molecule has 2 heterocycles. The smallest absolute Gasteiger partial charge is 0.256 e. The van der Waals surface area contributed by atoms with Crippen LogP contribution in [-0.2, 0) is 13.0 Å². The first-order valence-corrected chi connectivity index (χ1v) is 10.2. The van der Waals surface area contributed by atoms with Crippen molar-refractivity contribution in [1.82, 2.24) is 9.88 Å². The third kappa shape index (κ3) is 4.19. The maximum atomic E-state index is 13.3. The van der Waals surface area contributed by atoms with Gasteiger partial charge in [0, 0.05) is 17.8 Å². The van der Waals surface area contributed by atoms with Crippen molar-refractivity contribution in [3.63, 3.8) is 0 Å². The maximum absolute atomic E-state index is 13.3. The zero-order chi connectivity index (χ0) is 21.5. The number of aromatic amines is 1. The average molecular weight is 419 g/mol. The largest absolute Gasteiger partial charge is 0.489 e. The molecule has 0 fully saturated rings. The molecule has 1 amide bonds. The number of aliphatic hydroxyl groups excluding tert-OH is 1. The number of fused-ring (bicyclic) bond motifs is 1. The summed E-state index contributed by atoms with van der Waals surface area (Å²) in [5.74, 6) is 0.127. The van der Waals surface area contributed by atoms with Gasteiger partial charge in [-0.3, -0.25) is 9.59 Å². The highest BCUT2D eigenvalue weighted by Gasteiger charge is 2.32. The number of aromatic nitrogens is 1. The van der Waals surface area contributed by atoms with Gasteiger partial charge in [0.25, 0.3) is 11.5 Å². The quantitative estimate of drug-likeness (QED) is 0.775. The van der Waals surface area contributed by atoms with E-state index in [1.807, 2.05) is 33.8 Å². The maximum Gasteiger partial charge on any atom is 0.256 e. The molecule has 0 spiro atoms. The van der Waals surface area contributed by atoms with E-state index in [0.29, 0.717) is 35.4 Å². The van der Waals surface area contributed by atoms with Crippen LogP contribution in [0.5, 0.6) is 5.75 Å². The molecule has 0 saturated heterocycles. The molecule has 3 rings (SSSR count). The van der Waals surface area contributed by atoms with Crippen LogP contribution in [0.1, 0.15) is 65.2 Å². The highest BCUT2D eigenvalue weighted by Crippen LogP contribution is 2.39. The summed E-state index contributed by atoms with van der Waals surface area (Å²) in [7, 11) is 0. The number of benzene rings is 1. The summed E-state index contributed by atoms with van der Waals surface area (Å²) in [4.78, 5) is 30.2. The number of pyridine rings is 1. The van der Waals surface area contributed by atoms with Crippen molar-refractivity contribution in [2.45, 2.75) is 59.8 Å². The van der Waals surface area contributed by atoms with Crippen LogP contribution < -0.4 is 10.3 Å². The molecular weight excluding hydrogens is 392 g/mol. The van der Waals surface area contributed by atoms with Gasteiger partial charge < -0.3 is 19.7 Å². The fourth-order valence-corrected chi connectivity index (χ4v) is 4.12. The van der Waals surface area contributed by atoms with E-state index in [9.17, 15) is 14.7 Å². The number of H-pyrrole nitrogens is 1. The van der Waals surface area contributed by atoms with Crippen LogP contribution in [0.15, 0.2) is 16.9 Å². The number of nitrogens with one attached hydrogen (secondary N) is 1. The van der Waals surface area contributed by atoms with Crippen molar-refractivity contribution in [1.29, 1.82) is 0 Å². The molecule has 0 radical (unpaired) electrons. The van der Waals surface area contributed by atoms with Gasteiger partial charge in [0.15, 0.2) is 0 Å². The number of aryl methyl sites for hydroxylation is 2. The number of aliphatic hydroxyl groups is 1. The molecular formula is C22H27ClN2O4. The summed E-state index contributed by atoms with van der Waals surface area (Å²) >= 11 is 6.57. The van der Waals surface area contributed by atoms with Gasteiger partial charge in [-0.2, -0.15) is 0 Å². The van der Waals surface area contributed by atoms with E-state index in [2.05, 4.69) is 4.98 Å². The number of halogens is 1. The highest BCUT2D eigenvalue weighted by molar-refractivity contribution is 6.35. The van der Waals surface area contributed by atoms with E-state index in [-0.39, 0.29) is 29.1 Å². The van der Waals surface area contributed by atoms with E-state index in [0.717, 1.165) is 16.8 Å². The molecule has 6 nitrogen and oxygen atoms in total. The van der Waals surface area contributed by atoms with Gasteiger partial charge in [-0.15, -0.1) is 0 Å². The zero-order valence-electron chi connectivity index (χ0n) is 17.4. The van der Waals surface area contributed by atoms with Crippen molar-refractivity contribution < 1.29 is 14.6 Å². The molecule has 156 valence electrons. The van der Waals surface area contributed by atoms with E-state index >= 15 is 0 Å². The first kappa shape index (κ1) is 21.4. The van der Waals surface area contributed by atoms with E-state index in [4.69, 9.17) is 16.3 Å². The molecule has 1 aromatic carbocycles. The number of carbonyl (C=O) groups excluding carboxylic acids is 1. The minimum Gasteiger partial charge on any atom is -0.489 e. The van der Waals surface area contributed by atoms with Crippen LogP contribution in [0, 0.1) is 13.8 Å². The fraction of sp³-hybridized carbons (Fsp3) is 0.455. The van der Waals surface area contributed by atoms with Crippen LogP contribution in [0.3, 0.4) is 0 Å². The van der Waals surface area contributed by atoms with Gasteiger partial charge >= 0.3 is 0 Å². The van der Waals surface area contributed by atoms with Gasteiger partial charge in [0.2, 0.25) is 0 Å². The first-order valence-electron chi connectivity index (χ1n) is 9.78. The second-order valence-electron chi connectivity index (χ2n) is 7.89. The van der Waals surface area contributed by atoms with Crippen LogP contribution >= 0.6 is 11.6 Å². The summed E-state index contributed by atoms with van der Waals surface area (Å²) in [6.45, 7) is 9.75. The molecule has 7 heteroatoms. The number of ether oxygens (including phenoxy) is 1. The SMILES string of the molecule is Cc1cc(C)c(CN2CCc3c(C(C)O)cc(OC(C)C)c(Cl)c3C2=O)c(=O)[nH]1. The number of hydrogen-bond acceptors (Lipinski definition) is 4. The molecule has 1 atom stereocenters. The van der Waals surface area contributed by atoms with Gasteiger partial charge in [-0.05, 0) is 69.9 Å². The van der Waals surface area contributed by atoms with Crippen LogP contribution in [-0.4, -0.2) is 33.5 Å². The Kier molecular flexibility index (Phi) is 6.05. The van der Waals surface area contributed by atoms with Crippen molar-refractivity contribution in [2.24, 2.45) is 0 Å². The number of amides is 1. The van der Waals surface area contributed by atoms with Gasteiger partial charge in [0.05, 0.1) is 29.3 Å². The minimum atomic E-state index is -0.753. The summed E-state index contributed by atoms with van der Waals surface area (Å²) in [5.41, 5.74) is 3.76. The number of nitrogens with zero attached hydrogens (tertiary/aromatic N) is 1. The molecule has 1 aliphatic rings. The van der Waals surface area contributed by atoms with Gasteiger partial charge in [-0.25, -0.2) is 0 Å². The Morgan fingerprint density at radius 3 is 2.52 bits per heavy atom. The molecule has 0 bridgehead atoms. The average Bonchev–Trinajstić information content (AvgIpc) is 2.61. The Labute approximate surface area is 175 Å². The molecule has 1 aliphatic heterocycles. The minimum absolute atomic E-state index is 0.129. The first-order chi connectivity index (χ1) is 13.6. The second kappa shape index (κ2) is 8.20. The van der Waals surface area contributed by atoms with Gasteiger partial charge in [-0.1, -0.05) is 11.6 Å². The molecule has 2 aromatic rings. The lowest BCUT2D eigenvalue weighted by atomic mass is 9.90. The zero-order valence-corrected chi connectivity index (χ0v) is 18.2. The summed E-state index contributed by atoms with van der Waals surface area (Å²) in [6, 6.07) is 3.62. The third-order valence-corrected chi connectivity index (χ3v) is 5.54. The predicted octanol–water partition coefficient (Wildman–Crippen LogP) is 3.68. The topological polar surface area (TPSA) is 82.6 Å². The Morgan fingerprint density at radius 2 is 1.93 bits per heavy atom. The lowest BCUT2D eigenvalue weighted by Crippen LogP contribution is -2.39.